The van der Waals surface area contributed by atoms with Crippen molar-refractivity contribution in [1.29, 1.82) is 0 Å². The van der Waals surface area contributed by atoms with E-state index in [4.69, 9.17) is 18.9 Å². The molecule has 12 rings (SSSR count). The zero-order valence-electron chi connectivity index (χ0n) is 45.4. The van der Waals surface area contributed by atoms with Crippen molar-refractivity contribution in [1.82, 2.24) is 19.9 Å². The third-order valence-corrected chi connectivity index (χ3v) is 13.3. The van der Waals surface area contributed by atoms with E-state index in [2.05, 4.69) is 157 Å². The van der Waals surface area contributed by atoms with Gasteiger partial charge in [0, 0.05) is 35.8 Å². The molecule has 0 atom stereocenters. The minimum Gasteiger partial charge on any atom is -0.498 e. The third kappa shape index (κ3) is 13.7. The summed E-state index contributed by atoms with van der Waals surface area (Å²) in [6.45, 7) is 13.0. The number of carbonyl (C=O) groups excluding carboxylic acids is 2. The van der Waals surface area contributed by atoms with Crippen LogP contribution in [0.25, 0.3) is 65.2 Å². The second-order valence-electron chi connectivity index (χ2n) is 19.8. The first-order chi connectivity index (χ1) is 38.4. The number of aromatic nitrogens is 4. The summed E-state index contributed by atoms with van der Waals surface area (Å²) in [6, 6.07) is 60.6. The van der Waals surface area contributed by atoms with Gasteiger partial charge in [-0.1, -0.05) is 140 Å². The van der Waals surface area contributed by atoms with E-state index >= 15 is 0 Å². The Bertz CT molecular complexity index is 3630. The fourth-order valence-electron chi connectivity index (χ4n) is 9.28. The van der Waals surface area contributed by atoms with Crippen molar-refractivity contribution < 1.29 is 48.6 Å². The SMILES string of the molecule is CC(=O)CC(C)=O.Cc1ccc(OCc2c[c-]c3c(c2)c2cc(COc4ccc(C)cc4)ccc2c2nccnc32)cc1.Cc1ccc(OCc2c[c-]c3c(c2)c2cc(COc4ccc(C)cc4)ccc2c2nccnc32)cc1.[Ir+3]. The molecule has 0 aliphatic rings. The predicted molar refractivity (Wildman–Crippen MR) is 315 cm³/mol. The van der Waals surface area contributed by atoms with Crippen molar-refractivity contribution in [3.05, 3.63) is 239 Å². The number of Topliss-reactive ketones (excluding diaryl/α,β-unsaturated/α-hetero) is 2. The maximum Gasteiger partial charge on any atom is 3.00 e. The van der Waals surface area contributed by atoms with Gasteiger partial charge >= 0.3 is 20.1 Å². The number of ether oxygens (including phenoxy) is 4. The first-order valence-electron chi connectivity index (χ1n) is 26.2. The Kier molecular flexibility index (Phi) is 18.0. The van der Waals surface area contributed by atoms with Gasteiger partial charge in [-0.25, -0.2) is 0 Å². The van der Waals surface area contributed by atoms with E-state index in [1.54, 1.807) is 24.8 Å². The number of hydrogen-bond acceptors (Lipinski definition) is 10. The first-order valence-corrected chi connectivity index (χ1v) is 26.2. The topological polar surface area (TPSA) is 123 Å². The number of aryl methyl sites for hydroxylation is 4. The fraction of sp³-hybridized carbons (Fsp3) is 0.159. The van der Waals surface area contributed by atoms with Gasteiger partial charge in [-0.15, -0.1) is 47.2 Å². The quantitative estimate of drug-likeness (QED) is 0.0591. The van der Waals surface area contributed by atoms with Gasteiger partial charge in [-0.2, -0.15) is 0 Å². The molecule has 0 radical (unpaired) electrons. The molecule has 0 aliphatic heterocycles. The zero-order valence-corrected chi connectivity index (χ0v) is 47.8. The predicted octanol–water partition coefficient (Wildman–Crippen LogP) is 15.6. The van der Waals surface area contributed by atoms with Crippen molar-refractivity contribution in [3.8, 4) is 23.0 Å². The molecule has 0 spiro atoms. The van der Waals surface area contributed by atoms with Crippen molar-refractivity contribution in [2.24, 2.45) is 0 Å². The summed E-state index contributed by atoms with van der Waals surface area (Å²) < 4.78 is 24.2. The van der Waals surface area contributed by atoms with Crippen LogP contribution in [0, 0.1) is 39.8 Å². The molecule has 0 amide bonds. The Morgan fingerprint density at radius 3 is 0.950 bits per heavy atom. The number of ketones is 2. The third-order valence-electron chi connectivity index (χ3n) is 13.3. The molecule has 2 heterocycles. The second kappa shape index (κ2) is 25.7. The van der Waals surface area contributed by atoms with E-state index in [1.165, 1.54) is 36.1 Å². The Morgan fingerprint density at radius 2 is 0.650 bits per heavy atom. The van der Waals surface area contributed by atoms with Gasteiger partial charge in [-0.3, -0.25) is 19.6 Å². The molecule has 0 fully saturated rings. The van der Waals surface area contributed by atoms with Crippen LogP contribution in [-0.2, 0) is 56.1 Å². The smallest absolute Gasteiger partial charge is 0.498 e. The molecule has 80 heavy (non-hydrogen) atoms. The van der Waals surface area contributed by atoms with Gasteiger partial charge < -0.3 is 28.9 Å². The molecule has 10 nitrogen and oxygen atoms in total. The van der Waals surface area contributed by atoms with Crippen LogP contribution >= 0.6 is 0 Å². The molecule has 11 heteroatoms. The summed E-state index contributed by atoms with van der Waals surface area (Å²) in [6.07, 6.45) is 7.04. The van der Waals surface area contributed by atoms with Crippen LogP contribution in [-0.4, -0.2) is 31.5 Å². The normalized spacial score (nSPS) is 10.9. The van der Waals surface area contributed by atoms with E-state index in [1.807, 2.05) is 60.7 Å². The molecule has 2 aromatic heterocycles. The molecule has 12 aromatic rings. The van der Waals surface area contributed by atoms with Gasteiger partial charge in [0.1, 0.15) is 47.8 Å². The van der Waals surface area contributed by atoms with Gasteiger partial charge in [-0.05, 0) is 112 Å². The largest absolute Gasteiger partial charge is 3.00 e. The molecule has 0 saturated heterocycles. The summed E-state index contributed by atoms with van der Waals surface area (Å²) in [5.41, 5.74) is 12.6. The maximum absolute atomic E-state index is 10.0. The molecular weight excluding hydrogens is 1170 g/mol. The molecular formula is C69H58IrN4O6+. The van der Waals surface area contributed by atoms with E-state index in [9.17, 15) is 9.59 Å². The van der Waals surface area contributed by atoms with Crippen molar-refractivity contribution in [2.75, 3.05) is 0 Å². The average molecular weight is 1230 g/mol. The fourth-order valence-corrected chi connectivity index (χ4v) is 9.28. The molecule has 398 valence electrons. The van der Waals surface area contributed by atoms with Crippen molar-refractivity contribution in [3.63, 3.8) is 0 Å². The minimum atomic E-state index is -0.0625. The Labute approximate surface area is 479 Å². The van der Waals surface area contributed by atoms with Crippen LogP contribution in [0.3, 0.4) is 0 Å². The standard InChI is InChI=1S/2C32H25N2O2.C5H8O2.Ir/c2*1-21-3-9-25(10-4-21)35-19-23-7-13-27-29(17-23)30-18-24(20-36-26-11-5-22(2)6-12-26)8-14-28(30)32-31(27)33-15-16-34-32;1-4(6)3-5(2)7;/h2*3-13,15-18H,19-20H2,1-2H3;3H2,1-2H3;/q2*-1;;+3. The van der Waals surface area contributed by atoms with Crippen LogP contribution in [0.15, 0.2) is 183 Å². The van der Waals surface area contributed by atoms with E-state index < -0.39 is 0 Å². The van der Waals surface area contributed by atoms with Gasteiger partial charge in [0.15, 0.2) is 0 Å². The summed E-state index contributed by atoms with van der Waals surface area (Å²) in [4.78, 5) is 38.7. The number of carbonyl (C=O) groups is 2. The van der Waals surface area contributed by atoms with Crippen molar-refractivity contribution in [2.45, 2.75) is 74.4 Å². The van der Waals surface area contributed by atoms with Gasteiger partial charge in [0.05, 0.1) is 30.7 Å². The summed E-state index contributed by atoms with van der Waals surface area (Å²) >= 11 is 0. The van der Waals surface area contributed by atoms with E-state index in [-0.39, 0.29) is 38.1 Å². The number of nitrogens with zero attached hydrogens (tertiary/aromatic N) is 4. The molecule has 0 unspecified atom stereocenters. The van der Waals surface area contributed by atoms with Crippen LogP contribution < -0.4 is 18.9 Å². The summed E-state index contributed by atoms with van der Waals surface area (Å²) in [5, 5.41) is 8.43. The van der Waals surface area contributed by atoms with Gasteiger partial charge in [0.2, 0.25) is 0 Å². The molecule has 0 aliphatic carbocycles. The monoisotopic (exact) mass is 1230 g/mol. The Morgan fingerprint density at radius 1 is 0.362 bits per heavy atom. The van der Waals surface area contributed by atoms with Gasteiger partial charge in [0.25, 0.3) is 0 Å². The van der Waals surface area contributed by atoms with Crippen molar-refractivity contribution >= 4 is 76.7 Å². The molecule has 0 bridgehead atoms. The molecule has 10 aromatic carbocycles. The maximum atomic E-state index is 10.0. The van der Waals surface area contributed by atoms with E-state index in [0.717, 1.165) is 110 Å². The molecule has 0 N–H and O–H groups in total. The first kappa shape index (κ1) is 55.8. The Hall–Kier alpha value is -8.89. The number of rotatable bonds is 14. The van der Waals surface area contributed by atoms with Crippen LogP contribution in [0.2, 0.25) is 0 Å². The zero-order chi connectivity index (χ0) is 54.8. The number of hydrogen-bond donors (Lipinski definition) is 0. The average Bonchev–Trinajstić information content (AvgIpc) is 3.48. The van der Waals surface area contributed by atoms with Crippen LogP contribution in [0.5, 0.6) is 23.0 Å². The number of benzene rings is 10. The van der Waals surface area contributed by atoms with Crippen LogP contribution in [0.1, 0.15) is 64.8 Å². The van der Waals surface area contributed by atoms with Crippen LogP contribution in [0.4, 0.5) is 0 Å². The minimum absolute atomic E-state index is 0. The second-order valence-corrected chi connectivity index (χ2v) is 19.8. The number of fused-ring (bicyclic) bond motifs is 12. The Balaban J connectivity index is 0.000000171. The van der Waals surface area contributed by atoms with E-state index in [0.29, 0.717) is 26.4 Å². The molecule has 0 saturated carbocycles. The summed E-state index contributed by atoms with van der Waals surface area (Å²) in [7, 11) is 0. The summed E-state index contributed by atoms with van der Waals surface area (Å²) in [5.74, 6) is 3.30.